The second-order valence-corrected chi connectivity index (χ2v) is 9.90. The molecule has 0 aromatic heterocycles. The molecule has 0 aromatic rings. The first-order valence-corrected chi connectivity index (χ1v) is 8.88. The lowest BCUT2D eigenvalue weighted by molar-refractivity contribution is -0.217. The molecule has 0 N–H and O–H groups in total. The summed E-state index contributed by atoms with van der Waals surface area (Å²) in [6, 6.07) is 0. The molecule has 0 aliphatic heterocycles. The molecular formula is C12H22O3Si. The molecule has 0 heterocycles. The summed E-state index contributed by atoms with van der Waals surface area (Å²) >= 11 is 0. The normalized spacial score (nSPS) is 13.9. The monoisotopic (exact) mass is 242 g/mol. The van der Waals surface area contributed by atoms with E-state index in [1.165, 1.54) is 0 Å². The van der Waals surface area contributed by atoms with E-state index in [1.54, 1.807) is 21.0 Å². The molecule has 0 aliphatic carbocycles. The maximum Gasteiger partial charge on any atom is 0.163 e. The van der Waals surface area contributed by atoms with Gasteiger partial charge >= 0.3 is 0 Å². The number of hydrogen-bond acceptors (Lipinski definition) is 3. The van der Waals surface area contributed by atoms with Gasteiger partial charge in [-0.25, -0.2) is 0 Å². The summed E-state index contributed by atoms with van der Waals surface area (Å²) in [6.07, 6.45) is 0.694. The highest BCUT2D eigenvalue weighted by Gasteiger charge is 2.22. The molecule has 0 saturated carbocycles. The van der Waals surface area contributed by atoms with Gasteiger partial charge in [-0.2, -0.15) is 0 Å². The van der Waals surface area contributed by atoms with Crippen molar-refractivity contribution in [3.05, 3.63) is 0 Å². The molecule has 0 aliphatic rings. The van der Waals surface area contributed by atoms with Gasteiger partial charge in [-0.3, -0.25) is 0 Å². The van der Waals surface area contributed by atoms with Crippen LogP contribution in [0.4, 0.5) is 0 Å². The van der Waals surface area contributed by atoms with Crippen LogP contribution in [0.3, 0.4) is 0 Å². The zero-order chi connectivity index (χ0) is 12.8. The summed E-state index contributed by atoms with van der Waals surface area (Å²) in [7, 11) is 0.184. The Hall–Kier alpha value is -0.633. The average Bonchev–Trinajstić information content (AvgIpc) is 2.14. The number of carbonyl (C=O) groups excluding carboxylic acids is 1. The summed E-state index contributed by atoms with van der Waals surface area (Å²) in [5.74, 6) is 2.28. The van der Waals surface area contributed by atoms with E-state index in [4.69, 9.17) is 9.47 Å². The number of aldehydes is 1. The van der Waals surface area contributed by atoms with Crippen LogP contribution in [0.15, 0.2) is 0 Å². The summed E-state index contributed by atoms with van der Waals surface area (Å²) < 4.78 is 10.6. The highest BCUT2D eigenvalue weighted by atomic mass is 28.3. The van der Waals surface area contributed by atoms with Gasteiger partial charge in [0.1, 0.15) is 20.5 Å². The zero-order valence-corrected chi connectivity index (χ0v) is 12.1. The molecule has 0 fully saturated rings. The molecule has 16 heavy (non-hydrogen) atoms. The molecule has 0 amide bonds. The first-order valence-electron chi connectivity index (χ1n) is 5.38. The van der Waals surface area contributed by atoms with Gasteiger partial charge in [0.05, 0.1) is 0 Å². The minimum atomic E-state index is -1.37. The van der Waals surface area contributed by atoms with Crippen LogP contribution in [-0.2, 0) is 14.3 Å². The first-order chi connectivity index (χ1) is 7.20. The lowest BCUT2D eigenvalue weighted by Gasteiger charge is -2.26. The molecule has 0 spiro atoms. The fourth-order valence-electron chi connectivity index (χ4n) is 0.947. The molecule has 0 unspecified atom stereocenters. The van der Waals surface area contributed by atoms with E-state index in [9.17, 15) is 4.79 Å². The summed E-state index contributed by atoms with van der Waals surface area (Å²) in [5, 5.41) is 0. The maximum absolute atomic E-state index is 10.8. The number of hydrogen-bond donors (Lipinski definition) is 0. The van der Waals surface area contributed by atoms with Gasteiger partial charge in [0.25, 0.3) is 0 Å². The van der Waals surface area contributed by atoms with Gasteiger partial charge in [0, 0.05) is 13.5 Å². The zero-order valence-electron chi connectivity index (χ0n) is 11.1. The molecular weight excluding hydrogens is 220 g/mol. The van der Waals surface area contributed by atoms with Crippen LogP contribution in [0.25, 0.3) is 0 Å². The molecule has 4 heteroatoms. The van der Waals surface area contributed by atoms with Crippen molar-refractivity contribution in [3.8, 4) is 11.5 Å². The summed E-state index contributed by atoms with van der Waals surface area (Å²) in [5.41, 5.74) is 3.20. The molecule has 0 radical (unpaired) electrons. The summed E-state index contributed by atoms with van der Waals surface area (Å²) in [6.45, 7) is 10.0. The van der Waals surface area contributed by atoms with Crippen LogP contribution in [-0.4, -0.2) is 33.4 Å². The largest absolute Gasteiger partial charge is 0.354 e. The Kier molecular flexibility index (Phi) is 5.94. The van der Waals surface area contributed by atoms with E-state index >= 15 is 0 Å². The molecule has 3 nitrogen and oxygen atoms in total. The van der Waals surface area contributed by atoms with Gasteiger partial charge < -0.3 is 14.3 Å². The first kappa shape index (κ1) is 15.4. The van der Waals surface area contributed by atoms with Crippen molar-refractivity contribution in [2.45, 2.75) is 51.8 Å². The number of ether oxygens (including phenoxy) is 2. The van der Waals surface area contributed by atoms with Crippen molar-refractivity contribution in [3.63, 3.8) is 0 Å². The van der Waals surface area contributed by atoms with Crippen molar-refractivity contribution in [2.75, 3.05) is 7.11 Å². The molecule has 0 aromatic carbocycles. The van der Waals surface area contributed by atoms with Crippen LogP contribution in [0.1, 0.15) is 20.3 Å². The Labute approximate surface area is 99.5 Å². The standard InChI is InChI=1S/C12H22O3Si/c1-12(2,14-3)15-11(10-13)8-7-9-16(4,5)6/h10-11H,8H2,1-6H3/t11-/m1/s1. The van der Waals surface area contributed by atoms with Gasteiger partial charge in [0.2, 0.25) is 0 Å². The predicted molar refractivity (Wildman–Crippen MR) is 67.8 cm³/mol. The van der Waals surface area contributed by atoms with Crippen molar-refractivity contribution >= 4 is 14.4 Å². The van der Waals surface area contributed by atoms with E-state index in [0.717, 1.165) is 6.29 Å². The highest BCUT2D eigenvalue weighted by molar-refractivity contribution is 6.83. The van der Waals surface area contributed by atoms with Crippen LogP contribution in [0, 0.1) is 11.5 Å². The Balaban J connectivity index is 4.32. The maximum atomic E-state index is 10.8. The van der Waals surface area contributed by atoms with Crippen LogP contribution >= 0.6 is 0 Å². The van der Waals surface area contributed by atoms with Crippen molar-refractivity contribution in [1.82, 2.24) is 0 Å². The Morgan fingerprint density at radius 1 is 1.38 bits per heavy atom. The second kappa shape index (κ2) is 6.19. The topological polar surface area (TPSA) is 35.5 Å². The number of methoxy groups -OCH3 is 1. The third kappa shape index (κ3) is 7.63. The van der Waals surface area contributed by atoms with Gasteiger partial charge in [-0.1, -0.05) is 19.6 Å². The SMILES string of the molecule is COC(C)(C)O[C@@H](C=O)CC#C[Si](C)(C)C. The smallest absolute Gasteiger partial charge is 0.163 e. The average molecular weight is 242 g/mol. The van der Waals surface area contributed by atoms with Crippen LogP contribution in [0.2, 0.25) is 19.6 Å². The Morgan fingerprint density at radius 3 is 2.31 bits per heavy atom. The van der Waals surface area contributed by atoms with Gasteiger partial charge in [-0.05, 0) is 13.8 Å². The van der Waals surface area contributed by atoms with Gasteiger partial charge in [-0.15, -0.1) is 11.5 Å². The Morgan fingerprint density at radius 2 is 1.94 bits per heavy atom. The lowest BCUT2D eigenvalue weighted by Crippen LogP contribution is -2.33. The predicted octanol–water partition coefficient (Wildman–Crippen LogP) is 2.22. The van der Waals surface area contributed by atoms with Crippen molar-refractivity contribution in [2.24, 2.45) is 0 Å². The molecule has 0 rings (SSSR count). The van der Waals surface area contributed by atoms with Crippen LogP contribution < -0.4 is 0 Å². The molecule has 1 atom stereocenters. The lowest BCUT2D eigenvalue weighted by atomic mass is 10.2. The molecule has 0 bridgehead atoms. The minimum Gasteiger partial charge on any atom is -0.354 e. The minimum absolute atomic E-state index is 0.431. The highest BCUT2D eigenvalue weighted by Crippen LogP contribution is 2.13. The van der Waals surface area contributed by atoms with Crippen molar-refractivity contribution < 1.29 is 14.3 Å². The van der Waals surface area contributed by atoms with Crippen molar-refractivity contribution in [1.29, 1.82) is 0 Å². The Bertz CT molecular complexity index is 281. The van der Waals surface area contributed by atoms with E-state index in [-0.39, 0.29) is 0 Å². The number of rotatable bonds is 5. The van der Waals surface area contributed by atoms with E-state index in [2.05, 4.69) is 31.1 Å². The molecule has 92 valence electrons. The fourth-order valence-corrected chi connectivity index (χ4v) is 1.58. The van der Waals surface area contributed by atoms with E-state index in [0.29, 0.717) is 6.42 Å². The summed E-state index contributed by atoms with van der Waals surface area (Å²) in [4.78, 5) is 10.8. The fraction of sp³-hybridized carbons (Fsp3) is 0.750. The van der Waals surface area contributed by atoms with Crippen LogP contribution in [0.5, 0.6) is 0 Å². The third-order valence-electron chi connectivity index (χ3n) is 1.85. The second-order valence-electron chi connectivity index (χ2n) is 5.15. The number of carbonyl (C=O) groups is 1. The quantitative estimate of drug-likeness (QED) is 0.321. The van der Waals surface area contributed by atoms with Gasteiger partial charge in [0.15, 0.2) is 5.79 Å². The van der Waals surface area contributed by atoms with E-state index in [1.807, 2.05) is 0 Å². The molecule has 0 saturated heterocycles. The van der Waals surface area contributed by atoms with E-state index < -0.39 is 20.0 Å². The third-order valence-corrected chi connectivity index (χ3v) is 2.77.